The zero-order chi connectivity index (χ0) is 13.7. The van der Waals surface area contributed by atoms with Crippen LogP contribution in [0.2, 0.25) is 0 Å². The van der Waals surface area contributed by atoms with Gasteiger partial charge in [-0.1, -0.05) is 13.8 Å². The number of nitrogens with one attached hydrogen (secondary N) is 1. The average Bonchev–Trinajstić information content (AvgIpc) is 2.24. The molecule has 0 spiro atoms. The number of aliphatic hydroxyl groups is 1. The molecule has 2 N–H and O–H groups in total. The molecule has 0 aliphatic heterocycles. The summed E-state index contributed by atoms with van der Waals surface area (Å²) in [5, 5.41) is 12.6. The van der Waals surface area contributed by atoms with Crippen molar-refractivity contribution in [3.63, 3.8) is 0 Å². The van der Waals surface area contributed by atoms with E-state index in [0.29, 0.717) is 6.04 Å². The Labute approximate surface area is 125 Å². The van der Waals surface area contributed by atoms with Crippen LogP contribution in [0.1, 0.15) is 26.3 Å². The standard InChI is InChI=1S/C13H19Br2NO2/c1-8(2)16-6-10-4-11(14)13(12(15)5-10)18-7-9(3)17/h4-5,8-9,16-17H,6-7H2,1-3H3. The zero-order valence-corrected chi connectivity index (χ0v) is 14.0. The molecule has 1 aromatic carbocycles. The molecule has 18 heavy (non-hydrogen) atoms. The van der Waals surface area contributed by atoms with Crippen LogP contribution in [0.4, 0.5) is 0 Å². The number of hydrogen-bond donors (Lipinski definition) is 2. The number of benzene rings is 1. The normalized spacial score (nSPS) is 12.8. The summed E-state index contributed by atoms with van der Waals surface area (Å²) < 4.78 is 7.32. The molecule has 0 fully saturated rings. The summed E-state index contributed by atoms with van der Waals surface area (Å²) in [4.78, 5) is 0. The number of aliphatic hydroxyl groups excluding tert-OH is 1. The van der Waals surface area contributed by atoms with Crippen molar-refractivity contribution in [2.75, 3.05) is 6.61 Å². The maximum atomic E-state index is 9.23. The molecule has 1 unspecified atom stereocenters. The maximum Gasteiger partial charge on any atom is 0.147 e. The molecule has 0 bridgehead atoms. The lowest BCUT2D eigenvalue weighted by atomic mass is 10.2. The minimum absolute atomic E-state index is 0.279. The van der Waals surface area contributed by atoms with Gasteiger partial charge in [-0.25, -0.2) is 0 Å². The molecule has 0 amide bonds. The van der Waals surface area contributed by atoms with Crippen LogP contribution in [-0.2, 0) is 6.54 Å². The summed E-state index contributed by atoms with van der Waals surface area (Å²) in [6, 6.07) is 4.50. The summed E-state index contributed by atoms with van der Waals surface area (Å²) in [7, 11) is 0. The highest BCUT2D eigenvalue weighted by atomic mass is 79.9. The van der Waals surface area contributed by atoms with Gasteiger partial charge in [-0.2, -0.15) is 0 Å². The van der Waals surface area contributed by atoms with Gasteiger partial charge in [-0.05, 0) is 56.5 Å². The van der Waals surface area contributed by atoms with Crippen LogP contribution in [0, 0.1) is 0 Å². The van der Waals surface area contributed by atoms with Gasteiger partial charge in [0.2, 0.25) is 0 Å². The van der Waals surface area contributed by atoms with E-state index in [2.05, 4.69) is 51.0 Å². The van der Waals surface area contributed by atoms with Crippen molar-refractivity contribution in [3.8, 4) is 5.75 Å². The third-order valence-electron chi connectivity index (χ3n) is 2.24. The number of rotatable bonds is 6. The van der Waals surface area contributed by atoms with Crippen molar-refractivity contribution in [1.82, 2.24) is 5.32 Å². The first-order valence-electron chi connectivity index (χ1n) is 5.92. The lowest BCUT2D eigenvalue weighted by Crippen LogP contribution is -2.21. The molecule has 0 aliphatic carbocycles. The SMILES string of the molecule is CC(O)COc1c(Br)cc(CNC(C)C)cc1Br. The van der Waals surface area contributed by atoms with Crippen LogP contribution < -0.4 is 10.1 Å². The van der Waals surface area contributed by atoms with E-state index in [1.165, 1.54) is 5.56 Å². The third-order valence-corrected chi connectivity index (χ3v) is 3.42. The predicted octanol–water partition coefficient (Wildman–Crippen LogP) is 3.47. The Morgan fingerprint density at radius 3 is 2.22 bits per heavy atom. The van der Waals surface area contributed by atoms with Gasteiger partial charge in [0.15, 0.2) is 0 Å². The van der Waals surface area contributed by atoms with Gasteiger partial charge in [-0.15, -0.1) is 0 Å². The average molecular weight is 381 g/mol. The first-order valence-corrected chi connectivity index (χ1v) is 7.51. The highest BCUT2D eigenvalue weighted by Crippen LogP contribution is 2.34. The summed E-state index contributed by atoms with van der Waals surface area (Å²) in [5.74, 6) is 0.726. The van der Waals surface area contributed by atoms with Crippen LogP contribution in [0.3, 0.4) is 0 Å². The van der Waals surface area contributed by atoms with Gasteiger partial charge in [0, 0.05) is 12.6 Å². The zero-order valence-electron chi connectivity index (χ0n) is 10.8. The smallest absolute Gasteiger partial charge is 0.147 e. The van der Waals surface area contributed by atoms with Crippen LogP contribution in [-0.4, -0.2) is 23.9 Å². The van der Waals surface area contributed by atoms with E-state index < -0.39 is 6.10 Å². The van der Waals surface area contributed by atoms with Gasteiger partial charge >= 0.3 is 0 Å². The predicted molar refractivity (Wildman–Crippen MR) is 81.0 cm³/mol. The second kappa shape index (κ2) is 7.48. The Morgan fingerprint density at radius 2 is 1.78 bits per heavy atom. The molecule has 1 aromatic rings. The van der Waals surface area contributed by atoms with Crippen molar-refractivity contribution in [3.05, 3.63) is 26.6 Å². The molecule has 0 heterocycles. The molecular formula is C13H19Br2NO2. The van der Waals surface area contributed by atoms with E-state index >= 15 is 0 Å². The van der Waals surface area contributed by atoms with E-state index in [4.69, 9.17) is 4.74 Å². The van der Waals surface area contributed by atoms with Crippen LogP contribution in [0.25, 0.3) is 0 Å². The van der Waals surface area contributed by atoms with Gasteiger partial charge in [0.05, 0.1) is 15.0 Å². The highest BCUT2D eigenvalue weighted by Gasteiger charge is 2.10. The van der Waals surface area contributed by atoms with Gasteiger partial charge in [0.25, 0.3) is 0 Å². The second-order valence-electron chi connectivity index (χ2n) is 4.58. The van der Waals surface area contributed by atoms with E-state index in [9.17, 15) is 5.11 Å². The molecular weight excluding hydrogens is 362 g/mol. The van der Waals surface area contributed by atoms with E-state index in [1.54, 1.807) is 6.92 Å². The number of hydrogen-bond acceptors (Lipinski definition) is 3. The molecule has 5 heteroatoms. The molecule has 0 aliphatic rings. The first kappa shape index (κ1) is 16.0. The van der Waals surface area contributed by atoms with Crippen LogP contribution in [0.15, 0.2) is 21.1 Å². The fourth-order valence-electron chi connectivity index (χ4n) is 1.38. The summed E-state index contributed by atoms with van der Waals surface area (Å²) in [6.45, 7) is 7.02. The summed E-state index contributed by atoms with van der Waals surface area (Å²) >= 11 is 6.98. The molecule has 1 rings (SSSR count). The minimum Gasteiger partial charge on any atom is -0.489 e. The molecule has 0 saturated heterocycles. The fourth-order valence-corrected chi connectivity index (χ4v) is 2.89. The summed E-state index contributed by atoms with van der Waals surface area (Å²) in [6.07, 6.45) is -0.480. The topological polar surface area (TPSA) is 41.5 Å². The van der Waals surface area contributed by atoms with Crippen molar-refractivity contribution >= 4 is 31.9 Å². The molecule has 3 nitrogen and oxygen atoms in total. The first-order chi connectivity index (χ1) is 8.40. The largest absolute Gasteiger partial charge is 0.489 e. The molecule has 102 valence electrons. The Morgan fingerprint density at radius 1 is 1.22 bits per heavy atom. The van der Waals surface area contributed by atoms with Crippen molar-refractivity contribution in [2.24, 2.45) is 0 Å². The Bertz CT molecular complexity index is 372. The number of halogens is 2. The monoisotopic (exact) mass is 379 g/mol. The second-order valence-corrected chi connectivity index (χ2v) is 6.29. The van der Waals surface area contributed by atoms with Crippen LogP contribution in [0.5, 0.6) is 5.75 Å². The lowest BCUT2D eigenvalue weighted by molar-refractivity contribution is 0.122. The van der Waals surface area contributed by atoms with Crippen molar-refractivity contribution in [1.29, 1.82) is 0 Å². The third kappa shape index (κ3) is 5.26. The fraction of sp³-hybridized carbons (Fsp3) is 0.538. The maximum absolute atomic E-state index is 9.23. The quantitative estimate of drug-likeness (QED) is 0.793. The Kier molecular flexibility index (Phi) is 6.63. The van der Waals surface area contributed by atoms with Crippen molar-refractivity contribution in [2.45, 2.75) is 39.5 Å². The minimum atomic E-state index is -0.480. The molecule has 0 saturated carbocycles. The lowest BCUT2D eigenvalue weighted by Gasteiger charge is -2.14. The van der Waals surface area contributed by atoms with Crippen molar-refractivity contribution < 1.29 is 9.84 Å². The van der Waals surface area contributed by atoms with Crippen LogP contribution >= 0.6 is 31.9 Å². The molecule has 0 aromatic heterocycles. The number of ether oxygens (including phenoxy) is 1. The van der Waals surface area contributed by atoms with E-state index in [1.807, 2.05) is 12.1 Å². The Balaban J connectivity index is 2.77. The highest BCUT2D eigenvalue weighted by molar-refractivity contribution is 9.11. The summed E-state index contributed by atoms with van der Waals surface area (Å²) in [5.41, 5.74) is 1.17. The van der Waals surface area contributed by atoms with Gasteiger partial charge in [-0.3, -0.25) is 0 Å². The molecule has 1 atom stereocenters. The van der Waals surface area contributed by atoms with E-state index in [-0.39, 0.29) is 6.61 Å². The van der Waals surface area contributed by atoms with E-state index in [0.717, 1.165) is 21.2 Å². The Hall–Kier alpha value is -0.100. The van der Waals surface area contributed by atoms with Gasteiger partial charge in [0.1, 0.15) is 12.4 Å². The molecule has 0 radical (unpaired) electrons. The van der Waals surface area contributed by atoms with Gasteiger partial charge < -0.3 is 15.2 Å².